The number of carbonyl (C=O) groups is 2. The van der Waals surface area contributed by atoms with E-state index in [4.69, 9.17) is 16.6 Å². The van der Waals surface area contributed by atoms with Gasteiger partial charge in [-0.05, 0) is 67.3 Å². The summed E-state index contributed by atoms with van der Waals surface area (Å²) in [6, 6.07) is 22.4. The molecule has 6 nitrogen and oxygen atoms in total. The van der Waals surface area contributed by atoms with E-state index >= 15 is 0 Å². The zero-order valence-corrected chi connectivity index (χ0v) is 20.3. The molecule has 1 aromatic heterocycles. The lowest BCUT2D eigenvalue weighted by Crippen LogP contribution is -2.25. The lowest BCUT2D eigenvalue weighted by Gasteiger charge is -2.11. The van der Waals surface area contributed by atoms with Crippen LogP contribution in [0.4, 0.5) is 5.69 Å². The summed E-state index contributed by atoms with van der Waals surface area (Å²) >= 11 is 7.51. The van der Waals surface area contributed by atoms with Crippen LogP contribution < -0.4 is 10.6 Å². The van der Waals surface area contributed by atoms with E-state index in [0.29, 0.717) is 30.0 Å². The second-order valence-electron chi connectivity index (χ2n) is 7.75. The molecule has 4 aromatic rings. The minimum Gasteiger partial charge on any atom is -0.352 e. The van der Waals surface area contributed by atoms with E-state index in [1.165, 1.54) is 0 Å². The van der Waals surface area contributed by atoms with E-state index < -0.39 is 0 Å². The Balaban J connectivity index is 1.41. The van der Waals surface area contributed by atoms with E-state index in [0.717, 1.165) is 27.4 Å². The number of rotatable bonds is 9. The standard InChI is InChI=1S/C26H25ClN4O2S/c1-34-21-7-4-6-20(16-21)29-25(32)17-31-23-9-3-2-8-22(23)30-24(31)10-5-15-28-26(33)18-11-13-19(27)14-12-18/h2-4,6-9,11-14,16H,5,10,15,17H2,1H3,(H,28,33)(H,29,32). The van der Waals surface area contributed by atoms with Crippen LogP contribution in [0.1, 0.15) is 22.6 Å². The number of aromatic nitrogens is 2. The van der Waals surface area contributed by atoms with Crippen LogP contribution >= 0.6 is 23.4 Å². The number of imidazole rings is 1. The highest BCUT2D eigenvalue weighted by Crippen LogP contribution is 2.20. The highest BCUT2D eigenvalue weighted by molar-refractivity contribution is 7.98. The second kappa shape index (κ2) is 11.2. The molecular weight excluding hydrogens is 468 g/mol. The Hall–Kier alpha value is -3.29. The van der Waals surface area contributed by atoms with Crippen LogP contribution in [0.25, 0.3) is 11.0 Å². The highest BCUT2D eigenvalue weighted by Gasteiger charge is 2.14. The van der Waals surface area contributed by atoms with E-state index in [2.05, 4.69) is 10.6 Å². The van der Waals surface area contributed by atoms with Crippen molar-refractivity contribution in [3.8, 4) is 0 Å². The van der Waals surface area contributed by atoms with Crippen molar-refractivity contribution in [1.82, 2.24) is 14.9 Å². The summed E-state index contributed by atoms with van der Waals surface area (Å²) in [5, 5.41) is 6.50. The maximum Gasteiger partial charge on any atom is 0.251 e. The molecule has 0 saturated heterocycles. The molecule has 0 aliphatic heterocycles. The number of halogens is 1. The third-order valence-electron chi connectivity index (χ3n) is 5.36. The molecule has 0 radical (unpaired) electrons. The summed E-state index contributed by atoms with van der Waals surface area (Å²) in [4.78, 5) is 31.0. The third kappa shape index (κ3) is 5.98. The predicted octanol–water partition coefficient (Wildman–Crippen LogP) is 5.41. The Morgan fingerprint density at radius 1 is 1.03 bits per heavy atom. The fourth-order valence-electron chi connectivity index (χ4n) is 3.69. The van der Waals surface area contributed by atoms with E-state index in [9.17, 15) is 9.59 Å². The van der Waals surface area contributed by atoms with Crippen molar-refractivity contribution >= 4 is 51.9 Å². The van der Waals surface area contributed by atoms with Crippen LogP contribution in [0.3, 0.4) is 0 Å². The molecule has 0 saturated carbocycles. The largest absolute Gasteiger partial charge is 0.352 e. The van der Waals surface area contributed by atoms with Crippen LogP contribution in [-0.2, 0) is 17.8 Å². The first kappa shape index (κ1) is 23.9. The first-order valence-electron chi connectivity index (χ1n) is 11.0. The summed E-state index contributed by atoms with van der Waals surface area (Å²) in [5.74, 6) is 0.561. The summed E-state index contributed by atoms with van der Waals surface area (Å²) in [5.41, 5.74) is 3.10. The second-order valence-corrected chi connectivity index (χ2v) is 9.07. The molecular formula is C26H25ClN4O2S. The van der Waals surface area contributed by atoms with Crippen molar-refractivity contribution < 1.29 is 9.59 Å². The van der Waals surface area contributed by atoms with Gasteiger partial charge in [0, 0.05) is 34.1 Å². The van der Waals surface area contributed by atoms with Gasteiger partial charge in [-0.25, -0.2) is 4.98 Å². The van der Waals surface area contributed by atoms with Gasteiger partial charge >= 0.3 is 0 Å². The number of nitrogens with one attached hydrogen (secondary N) is 2. The molecule has 0 unspecified atom stereocenters. The first-order chi connectivity index (χ1) is 16.5. The van der Waals surface area contributed by atoms with Gasteiger partial charge in [0.05, 0.1) is 11.0 Å². The van der Waals surface area contributed by atoms with Crippen molar-refractivity contribution in [2.75, 3.05) is 18.1 Å². The molecule has 0 bridgehead atoms. The predicted molar refractivity (Wildman–Crippen MR) is 139 cm³/mol. The smallest absolute Gasteiger partial charge is 0.251 e. The molecule has 3 aromatic carbocycles. The fourth-order valence-corrected chi connectivity index (χ4v) is 4.27. The zero-order chi connectivity index (χ0) is 23.9. The topological polar surface area (TPSA) is 76.0 Å². The number of para-hydroxylation sites is 2. The number of nitrogens with zero attached hydrogens (tertiary/aromatic N) is 2. The van der Waals surface area contributed by atoms with Gasteiger partial charge in [0.2, 0.25) is 5.91 Å². The van der Waals surface area contributed by atoms with Gasteiger partial charge in [-0.1, -0.05) is 29.8 Å². The van der Waals surface area contributed by atoms with Crippen LogP contribution in [0, 0.1) is 0 Å². The number of thioether (sulfide) groups is 1. The molecule has 0 aliphatic rings. The quantitative estimate of drug-likeness (QED) is 0.242. The van der Waals surface area contributed by atoms with Crippen molar-refractivity contribution in [2.24, 2.45) is 0 Å². The monoisotopic (exact) mass is 492 g/mol. The Kier molecular flexibility index (Phi) is 7.87. The average molecular weight is 493 g/mol. The molecule has 34 heavy (non-hydrogen) atoms. The van der Waals surface area contributed by atoms with Gasteiger partial charge in [0.15, 0.2) is 0 Å². The summed E-state index contributed by atoms with van der Waals surface area (Å²) in [7, 11) is 0. The molecule has 2 amide bonds. The molecule has 8 heteroatoms. The first-order valence-corrected chi connectivity index (χ1v) is 12.6. The number of fused-ring (bicyclic) bond motifs is 1. The number of anilines is 1. The number of carbonyl (C=O) groups excluding carboxylic acids is 2. The van der Waals surface area contributed by atoms with Gasteiger partial charge in [0.1, 0.15) is 12.4 Å². The minimum atomic E-state index is -0.142. The number of benzene rings is 3. The van der Waals surface area contributed by atoms with Gasteiger partial charge in [-0.3, -0.25) is 9.59 Å². The minimum absolute atomic E-state index is 0.112. The SMILES string of the molecule is CSc1cccc(NC(=O)Cn2c(CCCNC(=O)c3ccc(Cl)cc3)nc3ccccc32)c1. The van der Waals surface area contributed by atoms with Crippen molar-refractivity contribution in [1.29, 1.82) is 0 Å². The lowest BCUT2D eigenvalue weighted by atomic mass is 10.2. The van der Waals surface area contributed by atoms with E-state index in [1.807, 2.05) is 59.4 Å². The van der Waals surface area contributed by atoms with Gasteiger partial charge in [-0.2, -0.15) is 0 Å². The highest BCUT2D eigenvalue weighted by atomic mass is 35.5. The molecule has 0 spiro atoms. The van der Waals surface area contributed by atoms with E-state index in [-0.39, 0.29) is 18.4 Å². The molecule has 1 heterocycles. The lowest BCUT2D eigenvalue weighted by molar-refractivity contribution is -0.116. The Bertz CT molecular complexity index is 1300. The summed E-state index contributed by atoms with van der Waals surface area (Å²) < 4.78 is 1.95. The summed E-state index contributed by atoms with van der Waals surface area (Å²) in [6.45, 7) is 0.662. The normalized spacial score (nSPS) is 10.9. The van der Waals surface area contributed by atoms with Crippen molar-refractivity contribution in [3.05, 3.63) is 89.2 Å². The molecule has 2 N–H and O–H groups in total. The van der Waals surface area contributed by atoms with Gasteiger partial charge in [0.25, 0.3) is 5.91 Å². The van der Waals surface area contributed by atoms with Crippen molar-refractivity contribution in [3.63, 3.8) is 0 Å². The zero-order valence-electron chi connectivity index (χ0n) is 18.8. The Labute approximate surface area is 207 Å². The Morgan fingerprint density at radius 3 is 2.62 bits per heavy atom. The number of amides is 2. The van der Waals surface area contributed by atoms with Crippen LogP contribution in [-0.4, -0.2) is 34.2 Å². The number of aryl methyl sites for hydroxylation is 1. The van der Waals surface area contributed by atoms with Crippen LogP contribution in [0.15, 0.2) is 77.7 Å². The molecule has 0 aliphatic carbocycles. The fraction of sp³-hybridized carbons (Fsp3) is 0.192. The summed E-state index contributed by atoms with van der Waals surface area (Å²) in [6.07, 6.45) is 3.33. The molecule has 0 fully saturated rings. The maximum atomic E-state index is 12.8. The van der Waals surface area contributed by atoms with Gasteiger partial charge < -0.3 is 15.2 Å². The average Bonchev–Trinajstić information content (AvgIpc) is 3.19. The molecule has 4 rings (SSSR count). The number of hydrogen-bond acceptors (Lipinski definition) is 4. The molecule has 0 atom stereocenters. The van der Waals surface area contributed by atoms with Gasteiger partial charge in [-0.15, -0.1) is 11.8 Å². The Morgan fingerprint density at radius 2 is 1.82 bits per heavy atom. The maximum absolute atomic E-state index is 12.8. The third-order valence-corrected chi connectivity index (χ3v) is 6.34. The number of hydrogen-bond donors (Lipinski definition) is 2. The molecule has 174 valence electrons. The van der Waals surface area contributed by atoms with Crippen molar-refractivity contribution in [2.45, 2.75) is 24.3 Å². The van der Waals surface area contributed by atoms with E-state index in [1.54, 1.807) is 36.0 Å². The van der Waals surface area contributed by atoms with Crippen LogP contribution in [0.2, 0.25) is 5.02 Å². The van der Waals surface area contributed by atoms with Crippen LogP contribution in [0.5, 0.6) is 0 Å².